The first kappa shape index (κ1) is 27.1. The molecule has 0 saturated carbocycles. The van der Waals surface area contributed by atoms with E-state index in [-0.39, 0.29) is 22.5 Å². The predicted octanol–water partition coefficient (Wildman–Crippen LogP) is 5.90. The van der Waals surface area contributed by atoms with Crippen LogP contribution in [0.3, 0.4) is 0 Å². The van der Waals surface area contributed by atoms with Crippen LogP contribution in [0.2, 0.25) is 0 Å². The number of aliphatic hydroxyl groups is 1. The molecule has 2 amide bonds. The topological polar surface area (TPSA) is 114 Å². The van der Waals surface area contributed by atoms with E-state index in [4.69, 9.17) is 5.14 Å². The molecule has 4 N–H and O–H groups in total. The lowest BCUT2D eigenvalue weighted by Gasteiger charge is -2.21. The van der Waals surface area contributed by atoms with Crippen LogP contribution in [0.5, 0.6) is 5.75 Å². The quantitative estimate of drug-likeness (QED) is 0.433. The summed E-state index contributed by atoms with van der Waals surface area (Å²) in [6.45, 7) is 7.01. The summed E-state index contributed by atoms with van der Waals surface area (Å²) in [4.78, 5) is 12.8. The van der Waals surface area contributed by atoms with Gasteiger partial charge in [0.15, 0.2) is 19.9 Å². The molecule has 0 unspecified atom stereocenters. The van der Waals surface area contributed by atoms with E-state index in [1.807, 2.05) is 0 Å². The number of thiophene rings is 1. The Labute approximate surface area is 195 Å². The molecule has 184 valence electrons. The van der Waals surface area contributed by atoms with Crippen LogP contribution < -0.4 is 15.2 Å². The number of hydrogen-bond donors (Lipinski definition) is 3. The lowest BCUT2D eigenvalue weighted by Crippen LogP contribution is -2.19. The van der Waals surface area contributed by atoms with Gasteiger partial charge < -0.3 is 15.2 Å². The van der Waals surface area contributed by atoms with E-state index >= 15 is 0 Å². The smallest absolute Gasteiger partial charge is 0.387 e. The summed E-state index contributed by atoms with van der Waals surface area (Å²) in [5, 5.41) is 18.3. The van der Waals surface area contributed by atoms with Gasteiger partial charge in [0.2, 0.25) is 0 Å². The first-order valence-electron chi connectivity index (χ1n) is 10.0. The molecule has 0 aliphatic heterocycles. The minimum atomic E-state index is -3.97. The standard InChI is InChI=1S/C21H28F3N3O4S2/c1-10(2)13-7-12(31-19(23)24)8-14(11(3)4)17(13)26-20(28)27-33(25,30)18-15(22)9-16(32-18)21(5,6)29/h7-11,19,29H,1-6H3,(H3,25,26,27,28,30)/t33-/m0/s1. The van der Waals surface area contributed by atoms with E-state index in [1.165, 1.54) is 26.0 Å². The number of halogens is 3. The first-order chi connectivity index (χ1) is 15.0. The second-order valence-electron chi connectivity index (χ2n) is 8.56. The first-order valence-corrected chi connectivity index (χ1v) is 12.4. The summed E-state index contributed by atoms with van der Waals surface area (Å²) < 4.78 is 60.3. The van der Waals surface area contributed by atoms with Crippen LogP contribution in [0.15, 0.2) is 26.8 Å². The normalized spacial score (nSPS) is 14.0. The lowest BCUT2D eigenvalue weighted by molar-refractivity contribution is -0.0499. The van der Waals surface area contributed by atoms with Crippen molar-refractivity contribution in [3.05, 3.63) is 40.0 Å². The van der Waals surface area contributed by atoms with Crippen LogP contribution >= 0.6 is 11.3 Å². The number of hydrogen-bond acceptors (Lipinski definition) is 5. The number of rotatable bonds is 7. The van der Waals surface area contributed by atoms with Crippen LogP contribution in [-0.4, -0.2) is 22.0 Å². The highest BCUT2D eigenvalue weighted by atomic mass is 32.2. The molecule has 0 aliphatic rings. The summed E-state index contributed by atoms with van der Waals surface area (Å²) >= 11 is 0.659. The maximum atomic E-state index is 14.4. The third-order valence-electron chi connectivity index (χ3n) is 4.62. The Kier molecular flexibility index (Phi) is 8.21. The molecule has 7 nitrogen and oxygen atoms in total. The number of urea groups is 1. The van der Waals surface area contributed by atoms with Gasteiger partial charge in [0.1, 0.15) is 5.75 Å². The minimum absolute atomic E-state index is 0.0604. The van der Waals surface area contributed by atoms with E-state index in [0.29, 0.717) is 28.2 Å². The molecule has 0 spiro atoms. The number of anilines is 1. The molecule has 0 bridgehead atoms. The van der Waals surface area contributed by atoms with Crippen molar-refractivity contribution in [2.45, 2.75) is 69.8 Å². The van der Waals surface area contributed by atoms with Crippen molar-refractivity contribution in [3.63, 3.8) is 0 Å². The third-order valence-corrected chi connectivity index (χ3v) is 7.96. The van der Waals surface area contributed by atoms with Gasteiger partial charge in [-0.05, 0) is 55.0 Å². The van der Waals surface area contributed by atoms with Gasteiger partial charge in [-0.3, -0.25) is 0 Å². The monoisotopic (exact) mass is 507 g/mol. The van der Waals surface area contributed by atoms with Crippen molar-refractivity contribution in [2.75, 3.05) is 5.32 Å². The van der Waals surface area contributed by atoms with E-state index in [0.717, 1.165) is 6.07 Å². The molecule has 1 heterocycles. The van der Waals surface area contributed by atoms with Crippen molar-refractivity contribution in [1.82, 2.24) is 0 Å². The summed E-state index contributed by atoms with van der Waals surface area (Å²) in [6.07, 6.45) is 0. The van der Waals surface area contributed by atoms with Crippen molar-refractivity contribution in [2.24, 2.45) is 9.50 Å². The number of carbonyl (C=O) groups excluding carboxylic acids is 1. The fourth-order valence-electron chi connectivity index (χ4n) is 3.03. The molecule has 2 rings (SSSR count). The zero-order valence-electron chi connectivity index (χ0n) is 19.1. The van der Waals surface area contributed by atoms with Gasteiger partial charge in [-0.15, -0.1) is 15.7 Å². The Balaban J connectivity index is 2.52. The molecule has 1 aromatic heterocycles. The van der Waals surface area contributed by atoms with Crippen molar-refractivity contribution in [1.29, 1.82) is 0 Å². The van der Waals surface area contributed by atoms with Crippen LogP contribution in [-0.2, 0) is 15.5 Å². The molecular weight excluding hydrogens is 479 g/mol. The Morgan fingerprint density at radius 2 is 1.70 bits per heavy atom. The van der Waals surface area contributed by atoms with Gasteiger partial charge >= 0.3 is 12.6 Å². The number of ether oxygens (including phenoxy) is 1. The van der Waals surface area contributed by atoms with E-state index in [1.54, 1.807) is 27.7 Å². The highest BCUT2D eigenvalue weighted by Crippen LogP contribution is 2.37. The Morgan fingerprint density at radius 1 is 1.18 bits per heavy atom. The number of nitrogens with one attached hydrogen (secondary N) is 1. The summed E-state index contributed by atoms with van der Waals surface area (Å²) in [7, 11) is -3.97. The molecule has 33 heavy (non-hydrogen) atoms. The zero-order valence-corrected chi connectivity index (χ0v) is 20.7. The molecular formula is C21H28F3N3O4S2. The third kappa shape index (κ3) is 6.69. The number of carbonyl (C=O) groups is 1. The molecule has 0 radical (unpaired) electrons. The average molecular weight is 508 g/mol. The predicted molar refractivity (Wildman–Crippen MR) is 123 cm³/mol. The summed E-state index contributed by atoms with van der Waals surface area (Å²) in [6, 6.07) is 2.67. The second kappa shape index (κ2) is 10.00. The van der Waals surface area contributed by atoms with Crippen molar-refractivity contribution in [3.8, 4) is 5.75 Å². The number of nitrogens with two attached hydrogens (primary N) is 1. The fourth-order valence-corrected chi connectivity index (χ4v) is 5.37. The zero-order chi connectivity index (χ0) is 25.3. The molecule has 0 aliphatic carbocycles. The van der Waals surface area contributed by atoms with Crippen molar-refractivity contribution >= 4 is 33.0 Å². The molecule has 2 aromatic rings. The minimum Gasteiger partial charge on any atom is -0.435 e. The fraction of sp³-hybridized carbons (Fsp3) is 0.476. The van der Waals surface area contributed by atoms with E-state index in [2.05, 4.69) is 14.4 Å². The molecule has 1 aromatic carbocycles. The highest BCUT2D eigenvalue weighted by Gasteiger charge is 2.27. The van der Waals surface area contributed by atoms with Gasteiger partial charge in [-0.1, -0.05) is 27.7 Å². The molecule has 0 saturated heterocycles. The maximum absolute atomic E-state index is 14.4. The summed E-state index contributed by atoms with van der Waals surface area (Å²) in [5.41, 5.74) is -0.109. The van der Waals surface area contributed by atoms with Crippen LogP contribution in [0.4, 0.5) is 23.7 Å². The summed E-state index contributed by atoms with van der Waals surface area (Å²) in [5.74, 6) is -1.41. The average Bonchev–Trinajstić information content (AvgIpc) is 3.04. The number of alkyl halides is 2. The maximum Gasteiger partial charge on any atom is 0.387 e. The van der Waals surface area contributed by atoms with Crippen LogP contribution in [0, 0.1) is 5.82 Å². The van der Waals surface area contributed by atoms with E-state index in [9.17, 15) is 27.3 Å². The largest absolute Gasteiger partial charge is 0.435 e. The Morgan fingerprint density at radius 3 is 2.09 bits per heavy atom. The van der Waals surface area contributed by atoms with Gasteiger partial charge in [0.25, 0.3) is 0 Å². The van der Waals surface area contributed by atoms with Gasteiger partial charge in [-0.25, -0.2) is 18.5 Å². The number of amides is 2. The van der Waals surface area contributed by atoms with E-state index < -0.39 is 38.2 Å². The number of benzene rings is 1. The lowest BCUT2D eigenvalue weighted by atomic mass is 9.92. The van der Waals surface area contributed by atoms with Gasteiger partial charge in [-0.2, -0.15) is 8.78 Å². The number of nitrogens with zero attached hydrogens (tertiary/aromatic N) is 1. The van der Waals surface area contributed by atoms with Gasteiger partial charge in [0.05, 0.1) is 5.60 Å². The van der Waals surface area contributed by atoms with Crippen molar-refractivity contribution < 1.29 is 32.0 Å². The molecule has 0 fully saturated rings. The van der Waals surface area contributed by atoms with Crippen LogP contribution in [0.25, 0.3) is 0 Å². The molecule has 12 heteroatoms. The van der Waals surface area contributed by atoms with Gasteiger partial charge in [0, 0.05) is 10.6 Å². The Bertz CT molecular complexity index is 1120. The molecule has 1 atom stereocenters. The second-order valence-corrected chi connectivity index (χ2v) is 11.6. The SMILES string of the molecule is CC(C)c1cc(OC(F)F)cc(C(C)C)c1NC(=O)N=[S@](N)(=O)c1sc(C(C)(C)O)cc1F. The van der Waals surface area contributed by atoms with Crippen LogP contribution in [0.1, 0.15) is 69.4 Å². The highest BCUT2D eigenvalue weighted by molar-refractivity contribution is 7.93. The Hall–Kier alpha value is -2.15.